The number of hydrogen-bond donors (Lipinski definition) is 1. The third-order valence-electron chi connectivity index (χ3n) is 3.76. The van der Waals surface area contributed by atoms with E-state index in [9.17, 15) is 0 Å². The summed E-state index contributed by atoms with van der Waals surface area (Å²) in [7, 11) is 0. The highest BCUT2D eigenvalue weighted by atomic mass is 35.5. The second-order valence-corrected chi connectivity index (χ2v) is 5.78. The van der Waals surface area contributed by atoms with Gasteiger partial charge in [-0.1, -0.05) is 42.8 Å². The molecule has 1 atom stereocenters. The van der Waals surface area contributed by atoms with Gasteiger partial charge in [0, 0.05) is 5.02 Å². The van der Waals surface area contributed by atoms with E-state index in [4.69, 9.17) is 11.6 Å². The Balaban J connectivity index is 2.53. The van der Waals surface area contributed by atoms with Crippen molar-refractivity contribution in [3.63, 3.8) is 0 Å². The maximum atomic E-state index is 6.23. The van der Waals surface area contributed by atoms with E-state index < -0.39 is 0 Å². The van der Waals surface area contributed by atoms with Crippen LogP contribution in [0.15, 0.2) is 36.4 Å². The molecule has 0 bridgehead atoms. The summed E-state index contributed by atoms with van der Waals surface area (Å²) >= 11 is 6.23. The molecule has 2 rings (SSSR count). The summed E-state index contributed by atoms with van der Waals surface area (Å²) in [5, 5.41) is 4.38. The van der Waals surface area contributed by atoms with Gasteiger partial charge in [-0.25, -0.2) is 0 Å². The van der Waals surface area contributed by atoms with Gasteiger partial charge < -0.3 is 5.32 Å². The van der Waals surface area contributed by atoms with Crippen molar-refractivity contribution in [1.29, 1.82) is 0 Å². The minimum Gasteiger partial charge on any atom is -0.307 e. The Kier molecular flexibility index (Phi) is 4.85. The summed E-state index contributed by atoms with van der Waals surface area (Å²) in [6, 6.07) is 12.9. The van der Waals surface area contributed by atoms with Crippen molar-refractivity contribution in [3.8, 4) is 0 Å². The second kappa shape index (κ2) is 6.43. The molecular formula is C18H22ClN. The summed E-state index contributed by atoms with van der Waals surface area (Å²) in [5.41, 5.74) is 6.42. The van der Waals surface area contributed by atoms with E-state index in [0.29, 0.717) is 0 Å². The SMILES string of the molecule is CCNC(c1cc(C)cc(Cl)c1)c1cccc(C)c1C. The highest BCUT2D eigenvalue weighted by molar-refractivity contribution is 6.30. The Labute approximate surface area is 127 Å². The maximum Gasteiger partial charge on any atom is 0.0579 e. The normalized spacial score (nSPS) is 12.4. The van der Waals surface area contributed by atoms with E-state index >= 15 is 0 Å². The van der Waals surface area contributed by atoms with Crippen LogP contribution in [0.3, 0.4) is 0 Å². The minimum absolute atomic E-state index is 0.192. The lowest BCUT2D eigenvalue weighted by atomic mass is 9.92. The molecule has 0 saturated carbocycles. The van der Waals surface area contributed by atoms with Crippen LogP contribution in [0.5, 0.6) is 0 Å². The molecule has 0 spiro atoms. The van der Waals surface area contributed by atoms with Gasteiger partial charge in [0.2, 0.25) is 0 Å². The second-order valence-electron chi connectivity index (χ2n) is 5.34. The number of nitrogens with one attached hydrogen (secondary N) is 1. The fourth-order valence-electron chi connectivity index (χ4n) is 2.63. The first-order valence-electron chi connectivity index (χ1n) is 7.09. The van der Waals surface area contributed by atoms with Crippen LogP contribution in [0.1, 0.15) is 40.8 Å². The van der Waals surface area contributed by atoms with Crippen LogP contribution in [0.2, 0.25) is 5.02 Å². The van der Waals surface area contributed by atoms with E-state index in [-0.39, 0.29) is 6.04 Å². The van der Waals surface area contributed by atoms with Gasteiger partial charge >= 0.3 is 0 Å². The first-order chi connectivity index (χ1) is 9.52. The predicted octanol–water partition coefficient (Wildman–Crippen LogP) is 4.96. The molecule has 1 nitrogen and oxygen atoms in total. The van der Waals surface area contributed by atoms with Crippen molar-refractivity contribution < 1.29 is 0 Å². The van der Waals surface area contributed by atoms with E-state index in [0.717, 1.165) is 11.6 Å². The summed E-state index contributed by atoms with van der Waals surface area (Å²) < 4.78 is 0. The van der Waals surface area contributed by atoms with Crippen molar-refractivity contribution in [2.45, 2.75) is 33.7 Å². The van der Waals surface area contributed by atoms with Crippen molar-refractivity contribution in [3.05, 3.63) is 69.2 Å². The molecule has 0 radical (unpaired) electrons. The third kappa shape index (κ3) is 3.23. The van der Waals surface area contributed by atoms with Crippen LogP contribution in [-0.2, 0) is 0 Å². The molecule has 0 aliphatic heterocycles. The van der Waals surface area contributed by atoms with Crippen LogP contribution in [0, 0.1) is 20.8 Å². The van der Waals surface area contributed by atoms with Crippen molar-refractivity contribution in [2.24, 2.45) is 0 Å². The van der Waals surface area contributed by atoms with Crippen LogP contribution < -0.4 is 5.32 Å². The maximum absolute atomic E-state index is 6.23. The predicted molar refractivity (Wildman–Crippen MR) is 87.6 cm³/mol. The van der Waals surface area contributed by atoms with Crippen LogP contribution >= 0.6 is 11.6 Å². The van der Waals surface area contributed by atoms with E-state index in [1.807, 2.05) is 6.07 Å². The van der Waals surface area contributed by atoms with Gasteiger partial charge in [-0.3, -0.25) is 0 Å². The summed E-state index contributed by atoms with van der Waals surface area (Å²) in [6.07, 6.45) is 0. The van der Waals surface area contributed by atoms with Crippen LogP contribution in [0.25, 0.3) is 0 Å². The molecular weight excluding hydrogens is 266 g/mol. The monoisotopic (exact) mass is 287 g/mol. The molecule has 20 heavy (non-hydrogen) atoms. The topological polar surface area (TPSA) is 12.0 Å². The van der Waals surface area contributed by atoms with Crippen molar-refractivity contribution in [2.75, 3.05) is 6.54 Å². The quantitative estimate of drug-likeness (QED) is 0.838. The molecule has 106 valence electrons. The molecule has 0 heterocycles. The number of halogens is 1. The van der Waals surface area contributed by atoms with Gasteiger partial charge in [-0.15, -0.1) is 0 Å². The van der Waals surface area contributed by atoms with E-state index in [1.54, 1.807) is 0 Å². The molecule has 0 saturated heterocycles. The van der Waals surface area contributed by atoms with Gasteiger partial charge in [-0.2, -0.15) is 0 Å². The summed E-state index contributed by atoms with van der Waals surface area (Å²) in [4.78, 5) is 0. The van der Waals surface area contributed by atoms with Gasteiger partial charge in [0.15, 0.2) is 0 Å². The highest BCUT2D eigenvalue weighted by Gasteiger charge is 2.16. The fourth-order valence-corrected chi connectivity index (χ4v) is 2.93. The molecule has 1 unspecified atom stereocenters. The standard InChI is InChI=1S/C18H22ClN/c1-5-20-18(15-9-12(2)10-16(19)11-15)17-8-6-7-13(3)14(17)4/h6-11,18,20H,5H2,1-4H3. The molecule has 2 aromatic rings. The van der Waals surface area contributed by atoms with Crippen LogP contribution in [-0.4, -0.2) is 6.54 Å². The number of aryl methyl sites for hydroxylation is 2. The molecule has 0 aliphatic rings. The Morgan fingerprint density at radius 1 is 1.10 bits per heavy atom. The Hall–Kier alpha value is -1.31. The lowest BCUT2D eigenvalue weighted by Gasteiger charge is -2.22. The largest absolute Gasteiger partial charge is 0.307 e. The van der Waals surface area contributed by atoms with Crippen LogP contribution in [0.4, 0.5) is 0 Å². The molecule has 2 aromatic carbocycles. The Morgan fingerprint density at radius 3 is 2.50 bits per heavy atom. The van der Waals surface area contributed by atoms with Crippen molar-refractivity contribution in [1.82, 2.24) is 5.32 Å². The first-order valence-corrected chi connectivity index (χ1v) is 7.47. The molecule has 0 aliphatic carbocycles. The number of rotatable bonds is 4. The van der Waals surface area contributed by atoms with E-state index in [1.165, 1.54) is 27.8 Å². The molecule has 1 N–H and O–H groups in total. The molecule has 0 amide bonds. The van der Waals surface area contributed by atoms with Gasteiger partial charge in [0.05, 0.1) is 6.04 Å². The average molecular weight is 288 g/mol. The zero-order valence-electron chi connectivity index (χ0n) is 12.6. The third-order valence-corrected chi connectivity index (χ3v) is 3.98. The number of hydrogen-bond acceptors (Lipinski definition) is 1. The molecule has 2 heteroatoms. The molecule has 0 fully saturated rings. The smallest absolute Gasteiger partial charge is 0.0579 e. The Bertz CT molecular complexity index is 584. The van der Waals surface area contributed by atoms with E-state index in [2.05, 4.69) is 63.3 Å². The fraction of sp³-hybridized carbons (Fsp3) is 0.333. The zero-order valence-corrected chi connectivity index (χ0v) is 13.4. The Morgan fingerprint density at radius 2 is 1.85 bits per heavy atom. The summed E-state index contributed by atoms with van der Waals surface area (Å²) in [6.45, 7) is 9.48. The highest BCUT2D eigenvalue weighted by Crippen LogP contribution is 2.29. The van der Waals surface area contributed by atoms with Gasteiger partial charge in [0.25, 0.3) is 0 Å². The van der Waals surface area contributed by atoms with Gasteiger partial charge in [-0.05, 0) is 67.3 Å². The lowest BCUT2D eigenvalue weighted by molar-refractivity contribution is 0.627. The zero-order chi connectivity index (χ0) is 14.7. The van der Waals surface area contributed by atoms with Gasteiger partial charge in [0.1, 0.15) is 0 Å². The summed E-state index contributed by atoms with van der Waals surface area (Å²) in [5.74, 6) is 0. The lowest BCUT2D eigenvalue weighted by Crippen LogP contribution is -2.23. The first kappa shape index (κ1) is 15.1. The number of benzene rings is 2. The molecule has 0 aromatic heterocycles. The average Bonchev–Trinajstić information content (AvgIpc) is 2.38. The minimum atomic E-state index is 0.192. The van der Waals surface area contributed by atoms with Crippen molar-refractivity contribution >= 4 is 11.6 Å².